The lowest BCUT2D eigenvalue weighted by atomic mass is 9.97. The van der Waals surface area contributed by atoms with Gasteiger partial charge in [0.1, 0.15) is 0 Å². The molecule has 0 aliphatic carbocycles. The van der Waals surface area contributed by atoms with Crippen LogP contribution in [0.5, 0.6) is 0 Å². The van der Waals surface area contributed by atoms with Gasteiger partial charge >= 0.3 is 0 Å². The van der Waals surface area contributed by atoms with Crippen molar-refractivity contribution in [1.29, 1.82) is 0 Å². The molecular formula is C15H23BrO2. The quantitative estimate of drug-likeness (QED) is 0.508. The van der Waals surface area contributed by atoms with Crippen LogP contribution in [0.1, 0.15) is 29.9 Å². The van der Waals surface area contributed by atoms with E-state index in [1.807, 2.05) is 0 Å². The first-order chi connectivity index (χ1) is 8.77. The van der Waals surface area contributed by atoms with Gasteiger partial charge in [-0.25, -0.2) is 0 Å². The topological polar surface area (TPSA) is 18.5 Å². The summed E-state index contributed by atoms with van der Waals surface area (Å²) in [6.45, 7) is 4.50. The van der Waals surface area contributed by atoms with E-state index < -0.39 is 0 Å². The zero-order valence-corrected chi connectivity index (χ0v) is 12.9. The number of methoxy groups -OCH3 is 1. The molecule has 0 saturated heterocycles. The molecule has 0 saturated carbocycles. The van der Waals surface area contributed by atoms with Gasteiger partial charge in [-0.15, -0.1) is 0 Å². The number of rotatable bonds is 9. The Balaban J connectivity index is 2.27. The van der Waals surface area contributed by atoms with E-state index in [9.17, 15) is 0 Å². The van der Waals surface area contributed by atoms with Gasteiger partial charge in [0, 0.05) is 32.3 Å². The van der Waals surface area contributed by atoms with E-state index in [0.717, 1.165) is 38.0 Å². The van der Waals surface area contributed by atoms with Gasteiger partial charge in [-0.3, -0.25) is 0 Å². The number of hydrogen-bond donors (Lipinski definition) is 0. The Morgan fingerprint density at radius 3 is 2.44 bits per heavy atom. The van der Waals surface area contributed by atoms with Crippen molar-refractivity contribution < 1.29 is 9.47 Å². The molecule has 0 spiro atoms. The van der Waals surface area contributed by atoms with Crippen LogP contribution in [-0.4, -0.2) is 32.3 Å². The highest BCUT2D eigenvalue weighted by molar-refractivity contribution is 9.09. The highest BCUT2D eigenvalue weighted by atomic mass is 79.9. The molecule has 1 rings (SSSR count). The van der Waals surface area contributed by atoms with E-state index in [1.165, 1.54) is 11.1 Å². The first kappa shape index (κ1) is 15.7. The van der Waals surface area contributed by atoms with E-state index in [2.05, 4.69) is 47.1 Å². The zero-order valence-electron chi connectivity index (χ0n) is 11.3. The SMILES string of the molecule is COCCCOCCC(CBr)c1ccc(C)cc1. The van der Waals surface area contributed by atoms with Gasteiger partial charge in [0.05, 0.1) is 0 Å². The van der Waals surface area contributed by atoms with Crippen LogP contribution in [0.4, 0.5) is 0 Å². The number of hydrogen-bond acceptors (Lipinski definition) is 2. The Hall–Kier alpha value is -0.380. The normalized spacial score (nSPS) is 12.6. The predicted molar refractivity (Wildman–Crippen MR) is 79.6 cm³/mol. The Bertz CT molecular complexity index is 311. The molecule has 0 heterocycles. The number of alkyl halides is 1. The average Bonchev–Trinajstić information content (AvgIpc) is 2.39. The summed E-state index contributed by atoms with van der Waals surface area (Å²) >= 11 is 3.59. The molecule has 1 atom stereocenters. The van der Waals surface area contributed by atoms with Crippen molar-refractivity contribution in [2.75, 3.05) is 32.3 Å². The highest BCUT2D eigenvalue weighted by Gasteiger charge is 2.09. The maximum atomic E-state index is 5.61. The first-order valence-electron chi connectivity index (χ1n) is 6.47. The van der Waals surface area contributed by atoms with E-state index in [1.54, 1.807) is 7.11 Å². The average molecular weight is 315 g/mol. The Labute approximate surface area is 119 Å². The van der Waals surface area contributed by atoms with Crippen molar-refractivity contribution in [3.8, 4) is 0 Å². The molecule has 0 radical (unpaired) electrons. The minimum Gasteiger partial charge on any atom is -0.385 e. The van der Waals surface area contributed by atoms with Crippen LogP contribution in [0.15, 0.2) is 24.3 Å². The summed E-state index contributed by atoms with van der Waals surface area (Å²) in [4.78, 5) is 0. The van der Waals surface area contributed by atoms with Crippen molar-refractivity contribution in [3.05, 3.63) is 35.4 Å². The summed E-state index contributed by atoms with van der Waals surface area (Å²) in [7, 11) is 1.72. The lowest BCUT2D eigenvalue weighted by Gasteiger charge is -2.15. The van der Waals surface area contributed by atoms with Crippen molar-refractivity contribution in [2.24, 2.45) is 0 Å². The summed E-state index contributed by atoms with van der Waals surface area (Å²) in [6, 6.07) is 8.77. The fourth-order valence-corrected chi connectivity index (χ4v) is 2.50. The van der Waals surface area contributed by atoms with Crippen LogP contribution in [0.2, 0.25) is 0 Å². The largest absolute Gasteiger partial charge is 0.385 e. The molecule has 3 heteroatoms. The zero-order chi connectivity index (χ0) is 13.2. The number of benzene rings is 1. The van der Waals surface area contributed by atoms with E-state index in [4.69, 9.17) is 9.47 Å². The van der Waals surface area contributed by atoms with E-state index >= 15 is 0 Å². The molecular weight excluding hydrogens is 292 g/mol. The third-order valence-corrected chi connectivity index (χ3v) is 3.76. The van der Waals surface area contributed by atoms with Gasteiger partial charge in [0.15, 0.2) is 0 Å². The third-order valence-electron chi connectivity index (χ3n) is 2.98. The van der Waals surface area contributed by atoms with Crippen LogP contribution in [0.3, 0.4) is 0 Å². The second kappa shape index (κ2) is 9.54. The number of aryl methyl sites for hydroxylation is 1. The lowest BCUT2D eigenvalue weighted by molar-refractivity contribution is 0.0991. The van der Waals surface area contributed by atoms with Crippen LogP contribution in [0.25, 0.3) is 0 Å². The van der Waals surface area contributed by atoms with Gasteiger partial charge in [-0.05, 0) is 31.2 Å². The Kier molecular flexibility index (Phi) is 8.31. The standard InChI is InChI=1S/C15H23BrO2/c1-13-4-6-14(7-5-13)15(12-16)8-11-18-10-3-9-17-2/h4-7,15H,3,8-12H2,1-2H3. The molecule has 0 aliphatic heterocycles. The second-order valence-corrected chi connectivity index (χ2v) is 5.16. The van der Waals surface area contributed by atoms with Gasteiger partial charge in [-0.2, -0.15) is 0 Å². The van der Waals surface area contributed by atoms with Crippen LogP contribution in [0, 0.1) is 6.92 Å². The van der Waals surface area contributed by atoms with Gasteiger partial charge in [0.25, 0.3) is 0 Å². The predicted octanol–water partition coefficient (Wildman–Crippen LogP) is 3.92. The molecule has 1 aromatic carbocycles. The van der Waals surface area contributed by atoms with Gasteiger partial charge in [-0.1, -0.05) is 45.8 Å². The molecule has 0 fully saturated rings. The summed E-state index contributed by atoms with van der Waals surface area (Å²) < 4.78 is 10.6. The third kappa shape index (κ3) is 5.98. The minimum absolute atomic E-state index is 0.535. The van der Waals surface area contributed by atoms with Crippen molar-refractivity contribution in [1.82, 2.24) is 0 Å². The molecule has 2 nitrogen and oxygen atoms in total. The maximum absolute atomic E-state index is 5.61. The van der Waals surface area contributed by atoms with Crippen LogP contribution < -0.4 is 0 Å². The number of halogens is 1. The highest BCUT2D eigenvalue weighted by Crippen LogP contribution is 2.22. The summed E-state index contributed by atoms with van der Waals surface area (Å²) in [5.74, 6) is 0.535. The number of ether oxygens (including phenoxy) is 2. The first-order valence-corrected chi connectivity index (χ1v) is 7.59. The summed E-state index contributed by atoms with van der Waals surface area (Å²) in [6.07, 6.45) is 2.03. The van der Waals surface area contributed by atoms with Crippen LogP contribution in [-0.2, 0) is 9.47 Å². The van der Waals surface area contributed by atoms with Crippen molar-refractivity contribution in [3.63, 3.8) is 0 Å². The fraction of sp³-hybridized carbons (Fsp3) is 0.600. The molecule has 0 aliphatic rings. The molecule has 0 amide bonds. The van der Waals surface area contributed by atoms with E-state index in [-0.39, 0.29) is 0 Å². The monoisotopic (exact) mass is 314 g/mol. The molecule has 102 valence electrons. The molecule has 0 N–H and O–H groups in total. The van der Waals surface area contributed by atoms with E-state index in [0.29, 0.717) is 5.92 Å². The molecule has 0 bridgehead atoms. The molecule has 0 aromatic heterocycles. The Morgan fingerprint density at radius 1 is 1.11 bits per heavy atom. The lowest BCUT2D eigenvalue weighted by Crippen LogP contribution is -2.07. The fourth-order valence-electron chi connectivity index (χ4n) is 1.80. The summed E-state index contributed by atoms with van der Waals surface area (Å²) in [5, 5.41) is 0.984. The molecule has 1 unspecified atom stereocenters. The van der Waals surface area contributed by atoms with Crippen LogP contribution >= 0.6 is 15.9 Å². The second-order valence-electron chi connectivity index (χ2n) is 4.51. The minimum atomic E-state index is 0.535. The smallest absolute Gasteiger partial charge is 0.0487 e. The maximum Gasteiger partial charge on any atom is 0.0487 e. The summed E-state index contributed by atoms with van der Waals surface area (Å²) in [5.41, 5.74) is 2.70. The van der Waals surface area contributed by atoms with Crippen molar-refractivity contribution in [2.45, 2.75) is 25.7 Å². The molecule has 18 heavy (non-hydrogen) atoms. The Morgan fingerprint density at radius 2 is 1.83 bits per heavy atom. The van der Waals surface area contributed by atoms with Gasteiger partial charge in [0.2, 0.25) is 0 Å². The van der Waals surface area contributed by atoms with Crippen molar-refractivity contribution >= 4 is 15.9 Å². The molecule has 1 aromatic rings. The van der Waals surface area contributed by atoms with Gasteiger partial charge < -0.3 is 9.47 Å².